The van der Waals surface area contributed by atoms with Gasteiger partial charge in [-0.05, 0) is 32.4 Å². The number of carbonyl (C=O) groups excluding carboxylic acids is 1. The van der Waals surface area contributed by atoms with E-state index >= 15 is 0 Å². The number of hydrogen-bond donors (Lipinski definition) is 2. The zero-order chi connectivity index (χ0) is 13.8. The number of fused-ring (bicyclic) bond motifs is 1. The molecule has 0 aromatic heterocycles. The lowest BCUT2D eigenvalue weighted by atomic mass is 10.1. The minimum Gasteiger partial charge on any atom is -0.482 e. The number of amides is 1. The Morgan fingerprint density at radius 2 is 2.00 bits per heavy atom. The minimum atomic E-state index is -0.670. The van der Waals surface area contributed by atoms with Crippen LogP contribution in [0.3, 0.4) is 0 Å². The van der Waals surface area contributed by atoms with Crippen LogP contribution in [0.2, 0.25) is 0 Å². The molecule has 5 heteroatoms. The van der Waals surface area contributed by atoms with Crippen LogP contribution in [-0.2, 0) is 4.79 Å². The number of ether oxygens (including phenoxy) is 2. The van der Waals surface area contributed by atoms with Crippen molar-refractivity contribution in [1.82, 2.24) is 5.32 Å². The Hall–Kier alpha value is -1.75. The fraction of sp³-hybridized carbons (Fsp3) is 0.500. The molecule has 0 radical (unpaired) electrons. The number of rotatable bonds is 4. The molecule has 1 heterocycles. The molecule has 104 valence electrons. The molecular formula is C14H19NO4. The normalized spacial score (nSPS) is 22.7. The van der Waals surface area contributed by atoms with Gasteiger partial charge in [0.25, 0.3) is 5.91 Å². The standard InChI is InChI=1S/C14H19NO4/c1-9(7-8-16)15-14(17)13-10(2)18-11-5-3-4-6-12(11)19-13/h3-6,9-10,13,16H,7-8H2,1-2H3,(H,15,17). The third-order valence-electron chi connectivity index (χ3n) is 3.05. The van der Waals surface area contributed by atoms with E-state index in [0.717, 1.165) is 0 Å². The smallest absolute Gasteiger partial charge is 0.265 e. The van der Waals surface area contributed by atoms with Crippen molar-refractivity contribution in [3.63, 3.8) is 0 Å². The summed E-state index contributed by atoms with van der Waals surface area (Å²) in [6, 6.07) is 7.19. The first-order chi connectivity index (χ1) is 9.11. The average Bonchev–Trinajstić information content (AvgIpc) is 2.38. The van der Waals surface area contributed by atoms with Crippen LogP contribution in [0.4, 0.5) is 0 Å². The van der Waals surface area contributed by atoms with E-state index in [9.17, 15) is 4.79 Å². The Morgan fingerprint density at radius 1 is 1.37 bits per heavy atom. The summed E-state index contributed by atoms with van der Waals surface area (Å²) < 4.78 is 11.4. The molecule has 0 fully saturated rings. The second kappa shape index (κ2) is 5.93. The highest BCUT2D eigenvalue weighted by molar-refractivity contribution is 5.82. The molecule has 0 aliphatic carbocycles. The summed E-state index contributed by atoms with van der Waals surface area (Å²) in [6.07, 6.45) is -0.503. The predicted molar refractivity (Wildman–Crippen MR) is 70.3 cm³/mol. The Kier molecular flexibility index (Phi) is 4.27. The van der Waals surface area contributed by atoms with Gasteiger partial charge in [-0.25, -0.2) is 0 Å². The molecule has 1 aromatic rings. The van der Waals surface area contributed by atoms with Gasteiger partial charge in [-0.2, -0.15) is 0 Å². The summed E-state index contributed by atoms with van der Waals surface area (Å²) in [5.74, 6) is 1.01. The first-order valence-electron chi connectivity index (χ1n) is 6.45. The Balaban J connectivity index is 2.03. The highest BCUT2D eigenvalue weighted by Gasteiger charge is 2.34. The number of hydrogen-bond acceptors (Lipinski definition) is 4. The van der Waals surface area contributed by atoms with Gasteiger partial charge in [0.2, 0.25) is 6.10 Å². The molecule has 1 amide bonds. The van der Waals surface area contributed by atoms with Gasteiger partial charge in [0.05, 0.1) is 0 Å². The van der Waals surface area contributed by atoms with Gasteiger partial charge in [0, 0.05) is 12.6 Å². The molecule has 2 rings (SSSR count). The van der Waals surface area contributed by atoms with Crippen molar-refractivity contribution in [1.29, 1.82) is 0 Å². The van der Waals surface area contributed by atoms with E-state index in [-0.39, 0.29) is 24.7 Å². The van der Waals surface area contributed by atoms with Crippen molar-refractivity contribution in [3.8, 4) is 11.5 Å². The van der Waals surface area contributed by atoms with Crippen LogP contribution < -0.4 is 14.8 Å². The van der Waals surface area contributed by atoms with Crippen LogP contribution in [0.5, 0.6) is 11.5 Å². The second-order valence-corrected chi connectivity index (χ2v) is 4.73. The van der Waals surface area contributed by atoms with E-state index < -0.39 is 6.10 Å². The average molecular weight is 265 g/mol. The molecule has 0 saturated heterocycles. The third kappa shape index (κ3) is 3.17. The highest BCUT2D eigenvalue weighted by Crippen LogP contribution is 2.33. The van der Waals surface area contributed by atoms with Crippen molar-refractivity contribution in [2.45, 2.75) is 38.5 Å². The minimum absolute atomic E-state index is 0.0435. The first-order valence-corrected chi connectivity index (χ1v) is 6.45. The number of aliphatic hydroxyl groups excluding tert-OH is 1. The maximum Gasteiger partial charge on any atom is 0.265 e. The Labute approximate surface area is 112 Å². The first kappa shape index (κ1) is 13.7. The summed E-state index contributed by atoms with van der Waals surface area (Å²) in [4.78, 5) is 12.1. The van der Waals surface area contributed by atoms with E-state index in [4.69, 9.17) is 14.6 Å². The fourth-order valence-electron chi connectivity index (χ4n) is 2.00. The number of carbonyl (C=O) groups is 1. The van der Waals surface area contributed by atoms with Gasteiger partial charge in [0.15, 0.2) is 11.5 Å². The van der Waals surface area contributed by atoms with Crippen LogP contribution in [-0.4, -0.2) is 35.9 Å². The Bertz CT molecular complexity index is 449. The lowest BCUT2D eigenvalue weighted by molar-refractivity contribution is -0.134. The molecular weight excluding hydrogens is 246 g/mol. The fourth-order valence-corrected chi connectivity index (χ4v) is 2.00. The number of para-hydroxylation sites is 2. The maximum absolute atomic E-state index is 12.1. The topological polar surface area (TPSA) is 67.8 Å². The molecule has 1 aliphatic rings. The molecule has 3 unspecified atom stereocenters. The van der Waals surface area contributed by atoms with Crippen LogP contribution in [0.25, 0.3) is 0 Å². The van der Waals surface area contributed by atoms with E-state index in [1.165, 1.54) is 0 Å². The third-order valence-corrected chi connectivity index (χ3v) is 3.05. The molecule has 1 aliphatic heterocycles. The summed E-state index contributed by atoms with van der Waals surface area (Å²) in [5.41, 5.74) is 0. The van der Waals surface area contributed by atoms with Crippen LogP contribution in [0.15, 0.2) is 24.3 Å². The quantitative estimate of drug-likeness (QED) is 0.855. The van der Waals surface area contributed by atoms with Gasteiger partial charge >= 0.3 is 0 Å². The largest absolute Gasteiger partial charge is 0.482 e. The number of nitrogens with one attached hydrogen (secondary N) is 1. The molecule has 0 bridgehead atoms. The van der Waals surface area contributed by atoms with Crippen molar-refractivity contribution in [2.24, 2.45) is 0 Å². The SMILES string of the molecule is CC(CCO)NC(=O)C1Oc2ccccc2OC1C. The lowest BCUT2D eigenvalue weighted by Crippen LogP contribution is -2.51. The van der Waals surface area contributed by atoms with Crippen molar-refractivity contribution in [2.75, 3.05) is 6.61 Å². The van der Waals surface area contributed by atoms with Gasteiger partial charge < -0.3 is 19.9 Å². The zero-order valence-electron chi connectivity index (χ0n) is 11.1. The number of benzene rings is 1. The van der Waals surface area contributed by atoms with E-state index in [0.29, 0.717) is 17.9 Å². The van der Waals surface area contributed by atoms with Gasteiger partial charge in [-0.1, -0.05) is 12.1 Å². The van der Waals surface area contributed by atoms with Crippen LogP contribution in [0.1, 0.15) is 20.3 Å². The van der Waals surface area contributed by atoms with Crippen molar-refractivity contribution < 1.29 is 19.4 Å². The van der Waals surface area contributed by atoms with Gasteiger partial charge in [-0.15, -0.1) is 0 Å². The van der Waals surface area contributed by atoms with Gasteiger partial charge in [0.1, 0.15) is 6.10 Å². The van der Waals surface area contributed by atoms with Crippen molar-refractivity contribution >= 4 is 5.91 Å². The molecule has 5 nitrogen and oxygen atoms in total. The summed E-state index contributed by atoms with van der Waals surface area (Å²) in [7, 11) is 0. The molecule has 19 heavy (non-hydrogen) atoms. The second-order valence-electron chi connectivity index (χ2n) is 4.73. The molecule has 3 atom stereocenters. The summed E-state index contributed by atoms with van der Waals surface area (Å²) >= 11 is 0. The molecule has 2 N–H and O–H groups in total. The maximum atomic E-state index is 12.1. The van der Waals surface area contributed by atoms with Crippen LogP contribution >= 0.6 is 0 Å². The Morgan fingerprint density at radius 3 is 2.63 bits per heavy atom. The van der Waals surface area contributed by atoms with Crippen molar-refractivity contribution in [3.05, 3.63) is 24.3 Å². The summed E-state index contributed by atoms with van der Waals surface area (Å²) in [6.45, 7) is 3.69. The predicted octanol–water partition coefficient (Wildman–Crippen LogP) is 1.10. The van der Waals surface area contributed by atoms with E-state index in [1.54, 1.807) is 13.0 Å². The zero-order valence-corrected chi connectivity index (χ0v) is 11.1. The molecule has 1 aromatic carbocycles. The number of aliphatic hydroxyl groups is 1. The lowest BCUT2D eigenvalue weighted by Gasteiger charge is -2.31. The van der Waals surface area contributed by atoms with E-state index in [1.807, 2.05) is 25.1 Å². The van der Waals surface area contributed by atoms with Gasteiger partial charge in [-0.3, -0.25) is 4.79 Å². The monoisotopic (exact) mass is 265 g/mol. The highest BCUT2D eigenvalue weighted by atomic mass is 16.6. The molecule has 0 spiro atoms. The van der Waals surface area contributed by atoms with Crippen LogP contribution in [0, 0.1) is 0 Å². The summed E-state index contributed by atoms with van der Waals surface area (Å²) in [5, 5.41) is 11.6. The van der Waals surface area contributed by atoms with E-state index in [2.05, 4.69) is 5.32 Å². The molecule has 0 saturated carbocycles.